The maximum absolute atomic E-state index is 12.6. The third kappa shape index (κ3) is 8.65. The van der Waals surface area contributed by atoms with Crippen LogP contribution in [0.3, 0.4) is 0 Å². The molecule has 13 heteroatoms. The van der Waals surface area contributed by atoms with Gasteiger partial charge in [-0.1, -0.05) is 19.8 Å². The molecule has 8 nitrogen and oxygen atoms in total. The standard InChI is InChI=1S/C17H22F3NO4S.CH4O3S/c1-10-6-4-5-7-14(10)21-16(22)15-11(2)8-13(9-12(15)3)25-26(23,24)17(18,19)20;1-5(2,3)4/h8-10,14H,4-7H2,1-3H3,(H,21,22);1H3,(H,2,3,4). The van der Waals surface area contributed by atoms with E-state index in [9.17, 15) is 34.8 Å². The summed E-state index contributed by atoms with van der Waals surface area (Å²) in [5.41, 5.74) is -4.50. The van der Waals surface area contributed by atoms with Gasteiger partial charge in [-0.25, -0.2) is 0 Å². The molecule has 1 aliphatic carbocycles. The molecular formula is C18H26F3NO7S2. The smallest absolute Gasteiger partial charge is 0.376 e. The minimum atomic E-state index is -5.75. The van der Waals surface area contributed by atoms with Gasteiger partial charge in [0.2, 0.25) is 0 Å². The molecule has 1 saturated carbocycles. The fourth-order valence-corrected chi connectivity index (χ4v) is 3.72. The number of alkyl halides is 3. The highest BCUT2D eigenvalue weighted by atomic mass is 32.2. The summed E-state index contributed by atoms with van der Waals surface area (Å²) < 4.78 is 89.6. The number of carbonyl (C=O) groups is 1. The van der Waals surface area contributed by atoms with E-state index in [0.717, 1.165) is 37.8 Å². The van der Waals surface area contributed by atoms with Crippen molar-refractivity contribution >= 4 is 26.1 Å². The van der Waals surface area contributed by atoms with Gasteiger partial charge in [0, 0.05) is 11.6 Å². The summed E-state index contributed by atoms with van der Waals surface area (Å²) in [4.78, 5) is 12.6. The summed E-state index contributed by atoms with van der Waals surface area (Å²) in [5.74, 6) is -0.434. The minimum Gasteiger partial charge on any atom is -0.376 e. The summed E-state index contributed by atoms with van der Waals surface area (Å²) in [6.07, 6.45) is 4.80. The van der Waals surface area contributed by atoms with E-state index in [-0.39, 0.29) is 11.9 Å². The quantitative estimate of drug-likeness (QED) is 0.377. The largest absolute Gasteiger partial charge is 0.534 e. The number of benzene rings is 1. The minimum absolute atomic E-state index is 0.0524. The third-order valence-electron chi connectivity index (χ3n) is 4.65. The Hall–Kier alpha value is -1.86. The highest BCUT2D eigenvalue weighted by Gasteiger charge is 2.48. The van der Waals surface area contributed by atoms with Gasteiger partial charge in [-0.15, -0.1) is 0 Å². The van der Waals surface area contributed by atoms with E-state index in [1.165, 1.54) is 13.8 Å². The van der Waals surface area contributed by atoms with Crippen molar-refractivity contribution in [2.45, 2.75) is 58.0 Å². The lowest BCUT2D eigenvalue weighted by molar-refractivity contribution is -0.0500. The Bertz CT molecular complexity index is 974. The van der Waals surface area contributed by atoms with Crippen LogP contribution in [0.4, 0.5) is 13.2 Å². The number of amides is 1. The lowest BCUT2D eigenvalue weighted by Gasteiger charge is -2.30. The van der Waals surface area contributed by atoms with E-state index >= 15 is 0 Å². The first-order valence-corrected chi connectivity index (χ1v) is 12.5. The monoisotopic (exact) mass is 489 g/mol. The Balaban J connectivity index is 0.000000861. The normalized spacial score (nSPS) is 19.7. The van der Waals surface area contributed by atoms with E-state index in [1.54, 1.807) is 0 Å². The summed E-state index contributed by atoms with van der Waals surface area (Å²) in [6, 6.07) is 2.29. The van der Waals surface area contributed by atoms with Crippen molar-refractivity contribution in [2.75, 3.05) is 6.26 Å². The Morgan fingerprint density at radius 2 is 1.55 bits per heavy atom. The number of hydrogen-bond acceptors (Lipinski definition) is 6. The first kappa shape index (κ1) is 27.2. The molecule has 2 N–H and O–H groups in total. The second-order valence-corrected chi connectivity index (χ2v) is 10.5. The summed E-state index contributed by atoms with van der Waals surface area (Å²) in [5, 5.41) is 2.98. The van der Waals surface area contributed by atoms with Crippen LogP contribution in [0.2, 0.25) is 0 Å². The Morgan fingerprint density at radius 3 is 1.97 bits per heavy atom. The van der Waals surface area contributed by atoms with Crippen molar-refractivity contribution in [2.24, 2.45) is 5.92 Å². The zero-order valence-corrected chi connectivity index (χ0v) is 19.1. The fourth-order valence-electron chi connectivity index (χ4n) is 3.28. The average Bonchev–Trinajstić information content (AvgIpc) is 2.53. The van der Waals surface area contributed by atoms with Crippen LogP contribution in [-0.2, 0) is 20.2 Å². The van der Waals surface area contributed by atoms with Crippen LogP contribution >= 0.6 is 0 Å². The van der Waals surface area contributed by atoms with Gasteiger partial charge >= 0.3 is 15.6 Å². The van der Waals surface area contributed by atoms with Gasteiger partial charge < -0.3 is 9.50 Å². The Labute approximate surface area is 180 Å². The molecule has 2 unspecified atom stereocenters. The predicted octanol–water partition coefficient (Wildman–Crippen LogP) is 3.34. The van der Waals surface area contributed by atoms with Crippen molar-refractivity contribution < 1.29 is 43.5 Å². The van der Waals surface area contributed by atoms with Crippen molar-refractivity contribution in [3.05, 3.63) is 28.8 Å². The molecule has 1 aromatic carbocycles. The molecule has 0 spiro atoms. The van der Waals surface area contributed by atoms with Gasteiger partial charge in [-0.3, -0.25) is 9.35 Å². The molecule has 1 aliphatic rings. The van der Waals surface area contributed by atoms with Gasteiger partial charge in [0.05, 0.1) is 6.26 Å². The Kier molecular flexibility index (Phi) is 8.92. The second kappa shape index (κ2) is 10.2. The molecule has 0 radical (unpaired) electrons. The number of nitrogens with one attached hydrogen (secondary N) is 1. The number of aryl methyl sites for hydroxylation is 2. The van der Waals surface area contributed by atoms with Gasteiger partial charge in [0.25, 0.3) is 16.0 Å². The molecular weight excluding hydrogens is 463 g/mol. The molecule has 0 bridgehead atoms. The van der Waals surface area contributed by atoms with E-state index in [1.807, 2.05) is 0 Å². The molecule has 178 valence electrons. The number of rotatable bonds is 4. The molecule has 1 aromatic rings. The molecule has 31 heavy (non-hydrogen) atoms. The van der Waals surface area contributed by atoms with Crippen LogP contribution in [0.1, 0.15) is 54.1 Å². The number of hydrogen-bond donors (Lipinski definition) is 2. The molecule has 1 amide bonds. The lowest BCUT2D eigenvalue weighted by Crippen LogP contribution is -2.41. The summed E-state index contributed by atoms with van der Waals surface area (Å²) in [7, 11) is -9.41. The maximum Gasteiger partial charge on any atom is 0.534 e. The molecule has 2 rings (SSSR count). The fraction of sp³-hybridized carbons (Fsp3) is 0.611. The van der Waals surface area contributed by atoms with Crippen molar-refractivity contribution in [1.82, 2.24) is 5.32 Å². The van der Waals surface area contributed by atoms with Crippen LogP contribution in [-0.4, -0.2) is 45.1 Å². The first-order chi connectivity index (χ1) is 13.9. The van der Waals surface area contributed by atoms with E-state index in [2.05, 4.69) is 16.4 Å². The van der Waals surface area contributed by atoms with E-state index in [4.69, 9.17) is 4.55 Å². The first-order valence-electron chi connectivity index (χ1n) is 9.27. The third-order valence-corrected chi connectivity index (χ3v) is 5.63. The predicted molar refractivity (Wildman–Crippen MR) is 108 cm³/mol. The molecule has 1 fully saturated rings. The van der Waals surface area contributed by atoms with Crippen LogP contribution < -0.4 is 9.50 Å². The maximum atomic E-state index is 12.6. The van der Waals surface area contributed by atoms with Gasteiger partial charge in [-0.2, -0.15) is 30.0 Å². The van der Waals surface area contributed by atoms with E-state index in [0.29, 0.717) is 28.9 Å². The second-order valence-electron chi connectivity index (χ2n) is 7.49. The topological polar surface area (TPSA) is 127 Å². The Morgan fingerprint density at radius 1 is 1.10 bits per heavy atom. The number of carbonyl (C=O) groups excluding carboxylic acids is 1. The van der Waals surface area contributed by atoms with Gasteiger partial charge in [0.1, 0.15) is 5.75 Å². The highest BCUT2D eigenvalue weighted by Crippen LogP contribution is 2.30. The zero-order valence-electron chi connectivity index (χ0n) is 17.5. The SMILES string of the molecule is CS(=O)(=O)O.Cc1cc(OS(=O)(=O)C(F)(F)F)cc(C)c1C(=O)NC1CCCCC1C. The van der Waals surface area contributed by atoms with Crippen LogP contribution in [0.25, 0.3) is 0 Å². The highest BCUT2D eigenvalue weighted by molar-refractivity contribution is 7.88. The summed E-state index contributed by atoms with van der Waals surface area (Å²) in [6.45, 7) is 5.13. The average molecular weight is 490 g/mol. The summed E-state index contributed by atoms with van der Waals surface area (Å²) >= 11 is 0. The number of halogens is 3. The zero-order chi connectivity index (χ0) is 24.2. The lowest BCUT2D eigenvalue weighted by atomic mass is 9.85. The van der Waals surface area contributed by atoms with Crippen LogP contribution in [0, 0.1) is 19.8 Å². The molecule has 0 aliphatic heterocycles. The van der Waals surface area contributed by atoms with Crippen LogP contribution in [0.5, 0.6) is 5.75 Å². The van der Waals surface area contributed by atoms with E-state index < -0.39 is 31.5 Å². The van der Waals surface area contributed by atoms with Crippen LogP contribution in [0.15, 0.2) is 12.1 Å². The molecule has 2 atom stereocenters. The van der Waals surface area contributed by atoms with Gasteiger partial charge in [-0.05, 0) is 55.9 Å². The van der Waals surface area contributed by atoms with Crippen molar-refractivity contribution in [3.63, 3.8) is 0 Å². The molecule has 0 saturated heterocycles. The van der Waals surface area contributed by atoms with Crippen molar-refractivity contribution in [3.8, 4) is 5.75 Å². The van der Waals surface area contributed by atoms with Crippen molar-refractivity contribution in [1.29, 1.82) is 0 Å². The molecule has 0 aromatic heterocycles. The molecule has 0 heterocycles. The van der Waals surface area contributed by atoms with Gasteiger partial charge in [0.15, 0.2) is 0 Å².